The van der Waals surface area contributed by atoms with Crippen LogP contribution in [0.15, 0.2) is 30.6 Å². The number of hydrogen-bond donors (Lipinski definition) is 2. The number of anilines is 1. The molecule has 0 aliphatic heterocycles. The zero-order valence-corrected chi connectivity index (χ0v) is 12.7. The molecule has 0 unspecified atom stereocenters. The van der Waals surface area contributed by atoms with Gasteiger partial charge >= 0.3 is 0 Å². The first-order chi connectivity index (χ1) is 9.97. The molecule has 2 rings (SSSR count). The van der Waals surface area contributed by atoms with E-state index in [1.807, 2.05) is 36.0 Å². The third-order valence-electron chi connectivity index (χ3n) is 3.23. The summed E-state index contributed by atoms with van der Waals surface area (Å²) in [6, 6.07) is 7.62. The lowest BCUT2D eigenvalue weighted by Crippen LogP contribution is -2.21. The maximum atomic E-state index is 7.41. The van der Waals surface area contributed by atoms with Gasteiger partial charge in [0.15, 0.2) is 0 Å². The average molecular weight is 286 g/mol. The van der Waals surface area contributed by atoms with Crippen LogP contribution in [0.25, 0.3) is 0 Å². The summed E-state index contributed by atoms with van der Waals surface area (Å²) in [6.45, 7) is 5.88. The van der Waals surface area contributed by atoms with Crippen molar-refractivity contribution in [3.05, 3.63) is 42.0 Å². The van der Waals surface area contributed by atoms with Crippen molar-refractivity contribution in [2.75, 3.05) is 11.9 Å². The Hall–Kier alpha value is -2.37. The van der Waals surface area contributed by atoms with Crippen molar-refractivity contribution in [3.8, 4) is 0 Å². The van der Waals surface area contributed by atoms with Crippen LogP contribution < -0.4 is 10.6 Å². The Labute approximate surface area is 125 Å². The second-order valence-electron chi connectivity index (χ2n) is 5.57. The molecule has 0 fully saturated rings. The highest BCUT2D eigenvalue weighted by Gasteiger charge is 2.10. The molecule has 0 saturated heterocycles. The van der Waals surface area contributed by atoms with E-state index in [1.165, 1.54) is 0 Å². The lowest BCUT2D eigenvalue weighted by atomic mass is 10.2. The summed E-state index contributed by atoms with van der Waals surface area (Å²) >= 11 is 0. The third kappa shape index (κ3) is 3.81. The first-order valence-electron chi connectivity index (χ1n) is 6.99. The quantitative estimate of drug-likeness (QED) is 0.627. The van der Waals surface area contributed by atoms with Gasteiger partial charge in [-0.3, -0.25) is 5.41 Å². The Morgan fingerprint density at radius 3 is 2.57 bits per heavy atom. The zero-order chi connectivity index (χ0) is 15.4. The van der Waals surface area contributed by atoms with E-state index >= 15 is 0 Å². The van der Waals surface area contributed by atoms with Gasteiger partial charge in [0, 0.05) is 24.8 Å². The van der Waals surface area contributed by atoms with E-state index in [1.54, 1.807) is 6.33 Å². The first kappa shape index (κ1) is 15.0. The van der Waals surface area contributed by atoms with Crippen molar-refractivity contribution in [1.29, 1.82) is 5.41 Å². The van der Waals surface area contributed by atoms with Gasteiger partial charge in [-0.25, -0.2) is 9.67 Å². The van der Waals surface area contributed by atoms with Crippen molar-refractivity contribution in [1.82, 2.24) is 14.8 Å². The van der Waals surface area contributed by atoms with Gasteiger partial charge in [-0.2, -0.15) is 5.10 Å². The molecule has 6 nitrogen and oxygen atoms in total. The van der Waals surface area contributed by atoms with Gasteiger partial charge in [0.1, 0.15) is 18.0 Å². The number of hydrogen-bond acceptors (Lipinski definition) is 4. The van der Waals surface area contributed by atoms with Crippen molar-refractivity contribution in [2.45, 2.75) is 26.9 Å². The molecular formula is C15H22N6. The molecule has 2 aromatic rings. The largest absolute Gasteiger partial charge is 0.384 e. The highest BCUT2D eigenvalue weighted by molar-refractivity contribution is 5.95. The van der Waals surface area contributed by atoms with Gasteiger partial charge < -0.3 is 10.6 Å². The number of nitrogens with two attached hydrogens (primary N) is 1. The Morgan fingerprint density at radius 2 is 2.00 bits per heavy atom. The predicted octanol–water partition coefficient (Wildman–Crippen LogP) is 1.85. The van der Waals surface area contributed by atoms with Crippen molar-refractivity contribution >= 4 is 11.5 Å². The topological polar surface area (TPSA) is 83.8 Å². The number of aromatic nitrogens is 3. The number of nitrogen functional groups attached to an aromatic ring is 1. The number of rotatable bonds is 6. The van der Waals surface area contributed by atoms with Gasteiger partial charge in [0.05, 0.1) is 6.54 Å². The molecule has 1 aromatic heterocycles. The summed E-state index contributed by atoms with van der Waals surface area (Å²) in [5, 5.41) is 11.7. The normalized spacial score (nSPS) is 10.9. The van der Waals surface area contributed by atoms with Crippen LogP contribution in [0.1, 0.15) is 25.2 Å². The minimum Gasteiger partial charge on any atom is -0.384 e. The molecule has 3 N–H and O–H groups in total. The standard InChI is InChI=1S/C15H22N6/c1-11(2)8-21-14(18-10-19-21)9-20(3)13-6-4-12(5-7-13)15(16)17/h4-7,10-11H,8-9H2,1-3H3,(H3,16,17). The fourth-order valence-electron chi connectivity index (χ4n) is 2.11. The molecule has 112 valence electrons. The molecule has 0 spiro atoms. The highest BCUT2D eigenvalue weighted by Crippen LogP contribution is 2.16. The summed E-state index contributed by atoms with van der Waals surface area (Å²) in [5.74, 6) is 1.56. The van der Waals surface area contributed by atoms with E-state index in [-0.39, 0.29) is 5.84 Å². The van der Waals surface area contributed by atoms with Crippen LogP contribution in [0, 0.1) is 11.3 Å². The Kier molecular flexibility index (Phi) is 4.57. The van der Waals surface area contributed by atoms with E-state index in [0.717, 1.165) is 23.6 Å². The Morgan fingerprint density at radius 1 is 1.33 bits per heavy atom. The molecule has 0 saturated carbocycles. The Bertz CT molecular complexity index is 599. The van der Waals surface area contributed by atoms with Crippen LogP contribution in [0.5, 0.6) is 0 Å². The average Bonchev–Trinajstić information content (AvgIpc) is 2.85. The van der Waals surface area contributed by atoms with Crippen LogP contribution in [0.3, 0.4) is 0 Å². The molecule has 0 aliphatic carbocycles. The molecule has 0 atom stereocenters. The molecule has 0 bridgehead atoms. The maximum Gasteiger partial charge on any atom is 0.146 e. The highest BCUT2D eigenvalue weighted by atomic mass is 15.3. The number of benzene rings is 1. The number of nitrogens with zero attached hydrogens (tertiary/aromatic N) is 4. The molecule has 21 heavy (non-hydrogen) atoms. The first-order valence-corrected chi connectivity index (χ1v) is 6.99. The summed E-state index contributed by atoms with van der Waals surface area (Å²) < 4.78 is 1.95. The SMILES string of the molecule is CC(C)Cn1ncnc1CN(C)c1ccc(C(=N)N)cc1. The van der Waals surface area contributed by atoms with Gasteiger partial charge in [0.25, 0.3) is 0 Å². The molecule has 1 aromatic carbocycles. The monoisotopic (exact) mass is 286 g/mol. The Balaban J connectivity index is 2.09. The second-order valence-corrected chi connectivity index (χ2v) is 5.57. The van der Waals surface area contributed by atoms with Gasteiger partial charge in [-0.1, -0.05) is 13.8 Å². The van der Waals surface area contributed by atoms with Crippen molar-refractivity contribution in [2.24, 2.45) is 11.7 Å². The molecule has 0 radical (unpaired) electrons. The summed E-state index contributed by atoms with van der Waals surface area (Å²) in [4.78, 5) is 6.44. The molecule has 0 amide bonds. The van der Waals surface area contributed by atoms with Crippen LogP contribution in [0.4, 0.5) is 5.69 Å². The van der Waals surface area contributed by atoms with Crippen LogP contribution >= 0.6 is 0 Å². The fourth-order valence-corrected chi connectivity index (χ4v) is 2.11. The predicted molar refractivity (Wildman–Crippen MR) is 84.4 cm³/mol. The number of amidine groups is 1. The maximum absolute atomic E-state index is 7.41. The van der Waals surface area contributed by atoms with Crippen molar-refractivity contribution < 1.29 is 0 Å². The van der Waals surface area contributed by atoms with Crippen molar-refractivity contribution in [3.63, 3.8) is 0 Å². The molecule has 6 heteroatoms. The van der Waals surface area contributed by atoms with E-state index in [9.17, 15) is 0 Å². The van der Waals surface area contributed by atoms with E-state index < -0.39 is 0 Å². The second kappa shape index (κ2) is 6.39. The third-order valence-corrected chi connectivity index (χ3v) is 3.23. The van der Waals surface area contributed by atoms with E-state index in [4.69, 9.17) is 11.1 Å². The molecule has 0 aliphatic rings. The number of nitrogens with one attached hydrogen (secondary N) is 1. The fraction of sp³-hybridized carbons (Fsp3) is 0.400. The van der Waals surface area contributed by atoms with Crippen LogP contribution in [-0.4, -0.2) is 27.6 Å². The smallest absolute Gasteiger partial charge is 0.146 e. The van der Waals surface area contributed by atoms with Gasteiger partial charge in [-0.05, 0) is 30.2 Å². The molecule has 1 heterocycles. The molecular weight excluding hydrogens is 264 g/mol. The van der Waals surface area contributed by atoms with Crippen LogP contribution in [0.2, 0.25) is 0 Å². The van der Waals surface area contributed by atoms with Gasteiger partial charge in [-0.15, -0.1) is 0 Å². The minimum atomic E-state index is 0.0841. The lowest BCUT2D eigenvalue weighted by Gasteiger charge is -2.19. The lowest BCUT2D eigenvalue weighted by molar-refractivity contribution is 0.465. The summed E-state index contributed by atoms with van der Waals surface area (Å²) in [6.07, 6.45) is 1.60. The summed E-state index contributed by atoms with van der Waals surface area (Å²) in [7, 11) is 2.01. The van der Waals surface area contributed by atoms with Gasteiger partial charge in [0.2, 0.25) is 0 Å². The van der Waals surface area contributed by atoms with E-state index in [2.05, 4.69) is 28.8 Å². The minimum absolute atomic E-state index is 0.0841. The zero-order valence-electron chi connectivity index (χ0n) is 12.7. The van der Waals surface area contributed by atoms with E-state index in [0.29, 0.717) is 12.5 Å². The van der Waals surface area contributed by atoms with Crippen LogP contribution in [-0.2, 0) is 13.1 Å². The summed E-state index contributed by atoms with van der Waals surface area (Å²) in [5.41, 5.74) is 7.25.